The van der Waals surface area contributed by atoms with E-state index in [-0.39, 0.29) is 0 Å². The summed E-state index contributed by atoms with van der Waals surface area (Å²) in [5.74, 6) is 0. The van der Waals surface area contributed by atoms with Crippen LogP contribution in [0.1, 0.15) is 39.5 Å². The van der Waals surface area contributed by atoms with Gasteiger partial charge in [-0.2, -0.15) is 0 Å². The predicted molar refractivity (Wildman–Crippen MR) is 552 cm³/mol. The molecule has 0 spiro atoms. The third-order valence-electron chi connectivity index (χ3n) is 22.2. The van der Waals surface area contributed by atoms with Gasteiger partial charge in [0.25, 0.3) is 0 Å². The van der Waals surface area contributed by atoms with Crippen LogP contribution in [0.2, 0.25) is 0 Å². The van der Waals surface area contributed by atoms with Crippen LogP contribution in [0.15, 0.2) is 510 Å². The van der Waals surface area contributed by atoms with Gasteiger partial charge in [0.05, 0.1) is 0 Å². The van der Waals surface area contributed by atoms with Crippen LogP contribution in [-0.2, 0) is 0 Å². The van der Waals surface area contributed by atoms with Crippen LogP contribution < -0.4 is 127 Å². The minimum Gasteiger partial charge on any atom is -0.296 e. The normalized spacial score (nSPS) is 11.5. The fraction of sp³-hybridized carbons (Fsp3) is 0.0526. The lowest BCUT2D eigenvalue weighted by molar-refractivity contribution is 0.702. The van der Waals surface area contributed by atoms with Crippen molar-refractivity contribution in [2.24, 2.45) is 0 Å². The van der Waals surface area contributed by atoms with E-state index in [1.807, 2.05) is 0 Å². The minimum absolute atomic E-state index is 0.811. The van der Waals surface area contributed by atoms with Crippen molar-refractivity contribution in [1.82, 2.24) is 0 Å². The Morgan fingerprint density at radius 2 is 0.242 bits per heavy atom. The maximum absolute atomic E-state index is 21.1. The molecule has 0 amide bonds. The first-order valence-electron chi connectivity index (χ1n) is 42.7. The molecule has 18 aromatic carbocycles. The SMILES string of the molecule is CCCCCC.F[Si](c1ccccc1P(c1ccccc1)c1ccccc1)(c1ccccc1P(c1ccccc1)c1ccccc1)c1ccccc1P(c1ccccc1)c1ccccc1.F[Si](c1ccccc1P(c1ccccc1)c1ccccc1)(c1ccccc1P(c1ccccc1)c1ccccc1)c1ccccc1P(c1ccccc1)c1ccccc1. The third kappa shape index (κ3) is 19.5. The highest BCUT2D eigenvalue weighted by molar-refractivity contribution is 7.83. The van der Waals surface area contributed by atoms with Crippen molar-refractivity contribution < 1.29 is 8.22 Å². The second kappa shape index (κ2) is 43.0. The molecule has 0 saturated carbocycles. The molecule has 0 nitrogen and oxygen atoms in total. The molecule has 0 N–H and O–H groups in total. The monoisotopic (exact) mass is 1750 g/mol. The molecular formula is C114H98F2P6Si2. The van der Waals surface area contributed by atoms with Gasteiger partial charge in [-0.3, -0.25) is 8.22 Å². The molecule has 0 unspecified atom stereocenters. The summed E-state index contributed by atoms with van der Waals surface area (Å²) in [6, 6.07) is 180. The molecule has 0 fully saturated rings. The third-order valence-corrected chi connectivity index (χ3v) is 45.6. The summed E-state index contributed by atoms with van der Waals surface area (Å²) in [6.45, 7) is 4.46. The second-order valence-corrected chi connectivity index (χ2v) is 49.1. The summed E-state index contributed by atoms with van der Waals surface area (Å²) in [5.41, 5.74) is 0. The Morgan fingerprint density at radius 3 is 0.347 bits per heavy atom. The average Bonchev–Trinajstić information content (AvgIpc) is 0.725. The van der Waals surface area contributed by atoms with Crippen molar-refractivity contribution in [2.75, 3.05) is 0 Å². The van der Waals surface area contributed by atoms with E-state index in [4.69, 9.17) is 0 Å². The molecule has 0 aliphatic carbocycles. The highest BCUT2D eigenvalue weighted by Gasteiger charge is 2.51. The summed E-state index contributed by atoms with van der Waals surface area (Å²) < 4.78 is 42.2. The van der Waals surface area contributed by atoms with Crippen molar-refractivity contribution in [1.29, 1.82) is 0 Å². The quantitative estimate of drug-likeness (QED) is 0.0158. The Balaban J connectivity index is 0.000000172. The van der Waals surface area contributed by atoms with Gasteiger partial charge in [-0.25, -0.2) is 0 Å². The molecule has 0 radical (unpaired) electrons. The zero-order valence-electron chi connectivity index (χ0n) is 69.8. The van der Waals surface area contributed by atoms with Crippen molar-refractivity contribution >= 4 is 191 Å². The zero-order chi connectivity index (χ0) is 84.5. The molecule has 18 aromatic rings. The van der Waals surface area contributed by atoms with E-state index in [1.54, 1.807) is 0 Å². The van der Waals surface area contributed by atoms with Crippen LogP contribution in [-0.4, -0.2) is 16.8 Å². The van der Waals surface area contributed by atoms with Gasteiger partial charge in [-0.15, -0.1) is 0 Å². The fourth-order valence-electron chi connectivity index (χ4n) is 16.6. The number of halogens is 2. The van der Waals surface area contributed by atoms with Crippen molar-refractivity contribution in [3.8, 4) is 0 Å². The first kappa shape index (κ1) is 86.4. The lowest BCUT2D eigenvalue weighted by Gasteiger charge is -2.35. The van der Waals surface area contributed by atoms with Crippen molar-refractivity contribution in [3.63, 3.8) is 0 Å². The van der Waals surface area contributed by atoms with Crippen molar-refractivity contribution in [3.05, 3.63) is 510 Å². The summed E-state index contributed by atoms with van der Waals surface area (Å²) in [5, 5.41) is 25.6. The van der Waals surface area contributed by atoms with Gasteiger partial charge in [-0.1, -0.05) is 549 Å². The van der Waals surface area contributed by atoms with Gasteiger partial charge >= 0.3 is 16.8 Å². The number of benzene rings is 18. The van der Waals surface area contributed by atoms with Gasteiger partial charge in [0.1, 0.15) is 0 Å². The van der Waals surface area contributed by atoms with Crippen LogP contribution >= 0.6 is 47.5 Å². The highest BCUT2D eigenvalue weighted by atomic mass is 31.1. The van der Waals surface area contributed by atoms with Gasteiger partial charge < -0.3 is 0 Å². The molecule has 0 heterocycles. The maximum Gasteiger partial charge on any atom is 0.341 e. The number of hydrogen-bond acceptors (Lipinski definition) is 0. The van der Waals surface area contributed by atoms with Gasteiger partial charge in [-0.05, 0) is 174 Å². The largest absolute Gasteiger partial charge is 0.341 e. The fourth-order valence-corrected chi connectivity index (χ4v) is 41.8. The van der Waals surface area contributed by atoms with Crippen molar-refractivity contribution in [2.45, 2.75) is 39.5 Å². The Hall–Kier alpha value is -11.2. The average molecular weight is 1750 g/mol. The lowest BCUT2D eigenvalue weighted by Crippen LogP contribution is -2.72. The van der Waals surface area contributed by atoms with Gasteiger partial charge in [0.2, 0.25) is 0 Å². The van der Waals surface area contributed by atoms with E-state index in [9.17, 15) is 0 Å². The lowest BCUT2D eigenvalue weighted by atomic mass is 10.2. The summed E-state index contributed by atoms with van der Waals surface area (Å²) in [6.07, 6.45) is 5.54. The molecule has 0 aromatic heterocycles. The van der Waals surface area contributed by atoms with E-state index in [0.29, 0.717) is 0 Å². The second-order valence-electron chi connectivity index (χ2n) is 30.2. The topological polar surface area (TPSA) is 0 Å². The molecule has 0 bridgehead atoms. The highest BCUT2D eigenvalue weighted by Crippen LogP contribution is 2.41. The predicted octanol–water partition coefficient (Wildman–Crippen LogP) is 18.4. The Bertz CT molecular complexity index is 5090. The van der Waals surface area contributed by atoms with Crippen LogP contribution in [0.25, 0.3) is 0 Å². The van der Waals surface area contributed by atoms with E-state index in [2.05, 4.69) is 523 Å². The summed E-state index contributed by atoms with van der Waals surface area (Å²) >= 11 is 0. The summed E-state index contributed by atoms with van der Waals surface area (Å²) in [7, 11) is -15.7. The molecule has 0 aliphatic heterocycles. The minimum atomic E-state index is -4.45. The van der Waals surface area contributed by atoms with Gasteiger partial charge in [0.15, 0.2) is 0 Å². The van der Waals surface area contributed by atoms with Crippen LogP contribution in [0.5, 0.6) is 0 Å². The van der Waals surface area contributed by atoms with E-state index < -0.39 is 64.3 Å². The number of rotatable bonds is 27. The Morgan fingerprint density at radius 1 is 0.145 bits per heavy atom. The maximum atomic E-state index is 21.1. The molecule has 0 atom stereocenters. The number of hydrogen-bond donors (Lipinski definition) is 0. The first-order chi connectivity index (χ1) is 61.3. The molecule has 124 heavy (non-hydrogen) atoms. The zero-order valence-corrected chi connectivity index (χ0v) is 77.1. The van der Waals surface area contributed by atoms with Crippen LogP contribution in [0.4, 0.5) is 8.22 Å². The molecule has 0 saturated heterocycles. The van der Waals surface area contributed by atoms with E-state index in [0.717, 1.165) is 62.9 Å². The van der Waals surface area contributed by atoms with Crippen LogP contribution in [0, 0.1) is 0 Å². The van der Waals surface area contributed by atoms with E-state index in [1.165, 1.54) is 89.3 Å². The molecular weight excluding hydrogens is 1650 g/mol. The molecule has 18 rings (SSSR count). The Labute approximate surface area is 742 Å². The molecule has 606 valence electrons. The van der Waals surface area contributed by atoms with Gasteiger partial charge in [0, 0.05) is 0 Å². The van der Waals surface area contributed by atoms with E-state index >= 15 is 8.22 Å². The Kier molecular flexibility index (Phi) is 29.9. The number of unbranched alkanes of at least 4 members (excludes halogenated alkanes) is 3. The van der Waals surface area contributed by atoms with Crippen LogP contribution in [0.3, 0.4) is 0 Å². The molecule has 0 aliphatic rings. The summed E-state index contributed by atoms with van der Waals surface area (Å²) in [4.78, 5) is 0. The molecule has 10 heteroatoms. The smallest absolute Gasteiger partial charge is 0.296 e. The standard InChI is InChI=1S/2C54H42FP3Si.C6H14/c2*55-59(52-40-22-19-37-49(52)56(43-25-7-1-8-26-43)44-27-9-2-10-28-44,53-41-23-20-38-50(53)57(45-29-11-3-12-30-45)46-31-13-4-14-32-46)54-42-24-21-39-51(54)58(47-33-15-5-16-34-47)48-35-17-6-18-36-48;1-3-5-6-4-2/h2*1-42H;3-6H2,1-2H3. The first-order valence-corrected chi connectivity index (χ1v) is 54.5.